The summed E-state index contributed by atoms with van der Waals surface area (Å²) in [6.07, 6.45) is 1.50. The lowest BCUT2D eigenvalue weighted by atomic mass is 10.1. The van der Waals surface area contributed by atoms with Crippen molar-refractivity contribution in [2.75, 3.05) is 46.4 Å². The Hall–Kier alpha value is -1.59. The van der Waals surface area contributed by atoms with E-state index in [9.17, 15) is 0 Å². The first kappa shape index (κ1) is 19.2. The number of guanidine groups is 1. The molecule has 2 aliphatic rings. The van der Waals surface area contributed by atoms with Gasteiger partial charge in [0.1, 0.15) is 0 Å². The molecule has 0 amide bonds. The lowest BCUT2D eigenvalue weighted by Crippen LogP contribution is -2.50. The zero-order valence-electron chi connectivity index (χ0n) is 16.4. The molecule has 1 aromatic carbocycles. The molecule has 0 aromatic heterocycles. The van der Waals surface area contributed by atoms with Crippen LogP contribution in [0.3, 0.4) is 0 Å². The summed E-state index contributed by atoms with van der Waals surface area (Å²) in [5.74, 6) is 3.00. The van der Waals surface area contributed by atoms with Crippen LogP contribution in [0.25, 0.3) is 0 Å². The standard InChI is InChI=1S/C21H34N4O/c1-16(2)14-25-9-10-26-19(15-25)13-24-21(22-3)23-12-18-11-20(18)17-7-5-4-6-8-17/h4-8,16,18-20H,9-15H2,1-3H3,(H2,22,23,24). The van der Waals surface area contributed by atoms with Crippen molar-refractivity contribution in [3.63, 3.8) is 0 Å². The van der Waals surface area contributed by atoms with Gasteiger partial charge in [0.2, 0.25) is 0 Å². The van der Waals surface area contributed by atoms with Crippen molar-refractivity contribution >= 4 is 5.96 Å². The molecule has 1 aliphatic carbocycles. The van der Waals surface area contributed by atoms with Gasteiger partial charge in [0, 0.05) is 39.8 Å². The Morgan fingerprint density at radius 1 is 1.23 bits per heavy atom. The quantitative estimate of drug-likeness (QED) is 0.580. The molecule has 2 N–H and O–H groups in total. The average molecular weight is 359 g/mol. The van der Waals surface area contributed by atoms with E-state index in [0.29, 0.717) is 17.8 Å². The molecule has 144 valence electrons. The number of rotatable bonds is 7. The van der Waals surface area contributed by atoms with E-state index in [-0.39, 0.29) is 6.10 Å². The van der Waals surface area contributed by atoms with Crippen molar-refractivity contribution < 1.29 is 4.74 Å². The van der Waals surface area contributed by atoms with Crippen LogP contribution in [0.4, 0.5) is 0 Å². The normalized spacial score (nSPS) is 26.8. The predicted octanol–water partition coefficient (Wildman–Crippen LogP) is 2.31. The minimum Gasteiger partial charge on any atom is -0.374 e. The van der Waals surface area contributed by atoms with E-state index in [2.05, 4.69) is 64.7 Å². The number of benzene rings is 1. The van der Waals surface area contributed by atoms with E-state index in [1.165, 1.54) is 12.0 Å². The van der Waals surface area contributed by atoms with Gasteiger partial charge in [-0.05, 0) is 29.7 Å². The van der Waals surface area contributed by atoms with Gasteiger partial charge in [-0.25, -0.2) is 0 Å². The maximum absolute atomic E-state index is 5.91. The van der Waals surface area contributed by atoms with E-state index in [1.54, 1.807) is 0 Å². The summed E-state index contributed by atoms with van der Waals surface area (Å²) < 4.78 is 5.91. The Morgan fingerprint density at radius 2 is 2.00 bits per heavy atom. The molecule has 3 unspecified atom stereocenters. The number of nitrogens with one attached hydrogen (secondary N) is 2. The van der Waals surface area contributed by atoms with E-state index in [0.717, 1.165) is 45.3 Å². The van der Waals surface area contributed by atoms with Crippen LogP contribution < -0.4 is 10.6 Å². The third-order valence-electron chi connectivity index (χ3n) is 5.25. The zero-order chi connectivity index (χ0) is 18.4. The fraction of sp³-hybridized carbons (Fsp3) is 0.667. The molecule has 26 heavy (non-hydrogen) atoms. The molecule has 5 heteroatoms. The number of nitrogens with zero attached hydrogens (tertiary/aromatic N) is 2. The van der Waals surface area contributed by atoms with Gasteiger partial charge in [-0.1, -0.05) is 44.2 Å². The molecule has 0 radical (unpaired) electrons. The molecule has 3 rings (SSSR count). The second kappa shape index (κ2) is 9.38. The van der Waals surface area contributed by atoms with Gasteiger partial charge in [-0.3, -0.25) is 9.89 Å². The summed E-state index contributed by atoms with van der Waals surface area (Å²) in [6, 6.07) is 10.8. The van der Waals surface area contributed by atoms with Crippen molar-refractivity contribution in [2.24, 2.45) is 16.8 Å². The second-order valence-corrected chi connectivity index (χ2v) is 7.99. The largest absolute Gasteiger partial charge is 0.374 e. The number of morpholine rings is 1. The van der Waals surface area contributed by atoms with Crippen LogP contribution in [-0.2, 0) is 4.74 Å². The number of ether oxygens (including phenoxy) is 1. The van der Waals surface area contributed by atoms with Crippen LogP contribution in [0.15, 0.2) is 35.3 Å². The fourth-order valence-electron chi connectivity index (χ4n) is 3.83. The number of aliphatic imine (C=N–C) groups is 1. The molecule has 2 fully saturated rings. The molecule has 1 aromatic rings. The Balaban J connectivity index is 1.36. The van der Waals surface area contributed by atoms with E-state index in [1.807, 2.05) is 7.05 Å². The van der Waals surface area contributed by atoms with Crippen LogP contribution in [-0.4, -0.2) is 63.3 Å². The van der Waals surface area contributed by atoms with Gasteiger partial charge < -0.3 is 15.4 Å². The first-order valence-electron chi connectivity index (χ1n) is 9.99. The number of hydrogen-bond donors (Lipinski definition) is 2. The smallest absolute Gasteiger partial charge is 0.191 e. The zero-order valence-corrected chi connectivity index (χ0v) is 16.4. The van der Waals surface area contributed by atoms with Gasteiger partial charge in [-0.15, -0.1) is 0 Å². The van der Waals surface area contributed by atoms with Crippen LogP contribution >= 0.6 is 0 Å². The molecule has 0 bridgehead atoms. The SMILES string of the molecule is CN=C(NCC1CN(CC(C)C)CCO1)NCC1CC1c1ccccc1. The summed E-state index contributed by atoms with van der Waals surface area (Å²) in [5, 5.41) is 6.92. The molecule has 5 nitrogen and oxygen atoms in total. The van der Waals surface area contributed by atoms with Gasteiger partial charge >= 0.3 is 0 Å². The lowest BCUT2D eigenvalue weighted by Gasteiger charge is -2.34. The average Bonchev–Trinajstić information content (AvgIpc) is 3.42. The van der Waals surface area contributed by atoms with Crippen molar-refractivity contribution in [3.8, 4) is 0 Å². The van der Waals surface area contributed by atoms with Crippen LogP contribution in [0.1, 0.15) is 31.7 Å². The van der Waals surface area contributed by atoms with Gasteiger partial charge in [0.25, 0.3) is 0 Å². The number of hydrogen-bond acceptors (Lipinski definition) is 3. The highest BCUT2D eigenvalue weighted by atomic mass is 16.5. The summed E-state index contributed by atoms with van der Waals surface area (Å²) in [5.41, 5.74) is 1.46. The van der Waals surface area contributed by atoms with Crippen molar-refractivity contribution in [2.45, 2.75) is 32.3 Å². The molecule has 0 spiro atoms. The van der Waals surface area contributed by atoms with Crippen LogP contribution in [0.5, 0.6) is 0 Å². The topological polar surface area (TPSA) is 48.9 Å². The third kappa shape index (κ3) is 5.71. The van der Waals surface area contributed by atoms with E-state index in [4.69, 9.17) is 4.74 Å². The van der Waals surface area contributed by atoms with Gasteiger partial charge in [0.05, 0.1) is 12.7 Å². The maximum Gasteiger partial charge on any atom is 0.191 e. The Kier molecular flexibility index (Phi) is 6.92. The van der Waals surface area contributed by atoms with Crippen LogP contribution in [0, 0.1) is 11.8 Å². The molecule has 1 heterocycles. The highest BCUT2D eigenvalue weighted by molar-refractivity contribution is 5.79. The molecular formula is C21H34N4O. The molecule has 1 saturated heterocycles. The second-order valence-electron chi connectivity index (χ2n) is 7.99. The van der Waals surface area contributed by atoms with E-state index >= 15 is 0 Å². The lowest BCUT2D eigenvalue weighted by molar-refractivity contribution is -0.0284. The third-order valence-corrected chi connectivity index (χ3v) is 5.25. The highest BCUT2D eigenvalue weighted by Gasteiger charge is 2.37. The summed E-state index contributed by atoms with van der Waals surface area (Å²) in [6.45, 7) is 10.3. The fourth-order valence-corrected chi connectivity index (χ4v) is 3.83. The summed E-state index contributed by atoms with van der Waals surface area (Å²) in [4.78, 5) is 6.87. The first-order chi connectivity index (χ1) is 12.7. The minimum absolute atomic E-state index is 0.235. The highest BCUT2D eigenvalue weighted by Crippen LogP contribution is 2.46. The Labute approximate surface area is 158 Å². The minimum atomic E-state index is 0.235. The van der Waals surface area contributed by atoms with Crippen molar-refractivity contribution in [1.29, 1.82) is 0 Å². The van der Waals surface area contributed by atoms with Gasteiger partial charge in [-0.2, -0.15) is 0 Å². The monoisotopic (exact) mass is 358 g/mol. The maximum atomic E-state index is 5.91. The van der Waals surface area contributed by atoms with E-state index < -0.39 is 0 Å². The Bertz CT molecular complexity index is 575. The first-order valence-corrected chi connectivity index (χ1v) is 9.99. The van der Waals surface area contributed by atoms with Crippen molar-refractivity contribution in [1.82, 2.24) is 15.5 Å². The predicted molar refractivity (Wildman–Crippen MR) is 108 cm³/mol. The van der Waals surface area contributed by atoms with Crippen LogP contribution in [0.2, 0.25) is 0 Å². The molecular weight excluding hydrogens is 324 g/mol. The summed E-state index contributed by atoms with van der Waals surface area (Å²) >= 11 is 0. The molecule has 3 atom stereocenters. The Morgan fingerprint density at radius 3 is 2.73 bits per heavy atom. The van der Waals surface area contributed by atoms with Crippen molar-refractivity contribution in [3.05, 3.63) is 35.9 Å². The molecule has 1 aliphatic heterocycles. The van der Waals surface area contributed by atoms with Gasteiger partial charge in [0.15, 0.2) is 5.96 Å². The molecule has 1 saturated carbocycles. The summed E-state index contributed by atoms with van der Waals surface area (Å²) in [7, 11) is 1.84.